The van der Waals surface area contributed by atoms with E-state index >= 15 is 0 Å². The van der Waals surface area contributed by atoms with Crippen molar-refractivity contribution < 1.29 is 4.92 Å². The van der Waals surface area contributed by atoms with Gasteiger partial charge < -0.3 is 4.57 Å². The molecule has 5 nitrogen and oxygen atoms in total. The summed E-state index contributed by atoms with van der Waals surface area (Å²) in [7, 11) is 0. The maximum absolute atomic E-state index is 11.9. The highest BCUT2D eigenvalue weighted by Crippen LogP contribution is 2.43. The molecule has 1 aliphatic carbocycles. The van der Waals surface area contributed by atoms with Crippen LogP contribution in [-0.2, 0) is 6.54 Å². The third-order valence-corrected chi connectivity index (χ3v) is 4.59. The highest BCUT2D eigenvalue weighted by molar-refractivity contribution is 9.09. The molecule has 1 fully saturated rings. The Morgan fingerprint density at radius 2 is 2.24 bits per heavy atom. The minimum Gasteiger partial charge on any atom is -0.309 e. The van der Waals surface area contributed by atoms with Crippen molar-refractivity contribution in [2.24, 2.45) is 5.41 Å². The van der Waals surface area contributed by atoms with Crippen LogP contribution >= 0.6 is 15.9 Å². The second kappa shape index (κ2) is 4.60. The second-order valence-corrected chi connectivity index (χ2v) is 5.13. The Bertz CT molecular complexity index is 488. The zero-order valence-corrected chi connectivity index (χ0v) is 10.9. The fourth-order valence-corrected chi connectivity index (χ4v) is 2.90. The van der Waals surface area contributed by atoms with Gasteiger partial charge in [0.2, 0.25) is 0 Å². The summed E-state index contributed by atoms with van der Waals surface area (Å²) in [5.41, 5.74) is -0.764. The number of rotatable bonds is 4. The summed E-state index contributed by atoms with van der Waals surface area (Å²) in [6, 6.07) is 2.81. The highest BCUT2D eigenvalue weighted by Gasteiger charge is 2.36. The van der Waals surface area contributed by atoms with Crippen LogP contribution in [0.4, 0.5) is 5.69 Å². The molecule has 92 valence electrons. The first-order valence-corrected chi connectivity index (χ1v) is 6.60. The van der Waals surface area contributed by atoms with Crippen molar-refractivity contribution in [2.45, 2.75) is 25.8 Å². The van der Waals surface area contributed by atoms with Crippen LogP contribution in [0.5, 0.6) is 0 Å². The molecule has 0 amide bonds. The molecule has 1 aromatic rings. The normalized spacial score (nSPS) is 17.5. The molecule has 0 aromatic carbocycles. The molecule has 2 rings (SSSR count). The number of nitrogens with zero attached hydrogens (tertiary/aromatic N) is 2. The molecule has 1 saturated carbocycles. The lowest BCUT2D eigenvalue weighted by Crippen LogP contribution is -2.39. The van der Waals surface area contributed by atoms with Crippen molar-refractivity contribution in [3.05, 3.63) is 38.8 Å². The van der Waals surface area contributed by atoms with Crippen LogP contribution in [0, 0.1) is 15.5 Å². The molecule has 0 spiro atoms. The largest absolute Gasteiger partial charge is 0.334 e. The standard InChI is InChI=1S/C11H13BrN2O3/c12-7-11(4-2-5-11)8-13-6-1-3-9(10(13)15)14(16)17/h1,3,6H,2,4-5,7-8H2. The van der Waals surface area contributed by atoms with Gasteiger partial charge in [-0.1, -0.05) is 22.4 Å². The molecular formula is C11H13BrN2O3. The Kier molecular flexibility index (Phi) is 3.33. The first-order chi connectivity index (χ1) is 8.08. The maximum Gasteiger partial charge on any atom is 0.334 e. The second-order valence-electron chi connectivity index (χ2n) is 4.57. The lowest BCUT2D eigenvalue weighted by atomic mass is 9.70. The molecule has 0 saturated heterocycles. The van der Waals surface area contributed by atoms with E-state index in [9.17, 15) is 14.9 Å². The zero-order chi connectivity index (χ0) is 12.5. The quantitative estimate of drug-likeness (QED) is 0.487. The Morgan fingerprint density at radius 3 is 2.71 bits per heavy atom. The van der Waals surface area contributed by atoms with E-state index in [-0.39, 0.29) is 11.1 Å². The van der Waals surface area contributed by atoms with Crippen molar-refractivity contribution >= 4 is 21.6 Å². The molecule has 1 heterocycles. The van der Waals surface area contributed by atoms with Crippen LogP contribution in [-0.4, -0.2) is 14.8 Å². The summed E-state index contributed by atoms with van der Waals surface area (Å²) in [4.78, 5) is 21.9. The third-order valence-electron chi connectivity index (χ3n) is 3.40. The predicted octanol–water partition coefficient (Wildman–Crippen LogP) is 2.32. The number of pyridine rings is 1. The molecule has 0 bridgehead atoms. The van der Waals surface area contributed by atoms with E-state index in [2.05, 4.69) is 15.9 Å². The van der Waals surface area contributed by atoms with Gasteiger partial charge >= 0.3 is 11.2 Å². The van der Waals surface area contributed by atoms with Crippen LogP contribution in [0.15, 0.2) is 23.1 Å². The molecule has 0 N–H and O–H groups in total. The van der Waals surface area contributed by atoms with Gasteiger partial charge in [0.25, 0.3) is 0 Å². The summed E-state index contributed by atoms with van der Waals surface area (Å²) in [5.74, 6) is 0. The lowest BCUT2D eigenvalue weighted by molar-refractivity contribution is -0.386. The summed E-state index contributed by atoms with van der Waals surface area (Å²) in [6.45, 7) is 0.554. The average molecular weight is 301 g/mol. The van der Waals surface area contributed by atoms with Crippen molar-refractivity contribution in [2.75, 3.05) is 5.33 Å². The van der Waals surface area contributed by atoms with E-state index in [1.807, 2.05) is 0 Å². The molecule has 0 radical (unpaired) electrons. The van der Waals surface area contributed by atoms with Gasteiger partial charge in [0, 0.05) is 24.1 Å². The van der Waals surface area contributed by atoms with Gasteiger partial charge in [-0.15, -0.1) is 0 Å². The van der Waals surface area contributed by atoms with Gasteiger partial charge in [0.1, 0.15) is 0 Å². The van der Waals surface area contributed by atoms with Crippen LogP contribution in [0.25, 0.3) is 0 Å². The third kappa shape index (κ3) is 2.26. The average Bonchev–Trinajstić information content (AvgIpc) is 2.25. The SMILES string of the molecule is O=c1c([N+](=O)[O-])cccn1CC1(CBr)CCC1. The number of hydrogen-bond acceptors (Lipinski definition) is 3. The van der Waals surface area contributed by atoms with Gasteiger partial charge in [-0.25, -0.2) is 0 Å². The van der Waals surface area contributed by atoms with E-state index in [1.165, 1.54) is 10.6 Å². The van der Waals surface area contributed by atoms with Crippen molar-refractivity contribution in [1.82, 2.24) is 4.57 Å². The van der Waals surface area contributed by atoms with E-state index < -0.39 is 10.5 Å². The van der Waals surface area contributed by atoms with Gasteiger partial charge in [-0.2, -0.15) is 0 Å². The molecule has 0 unspecified atom stereocenters. The number of alkyl halides is 1. The predicted molar refractivity (Wildman–Crippen MR) is 67.4 cm³/mol. The minimum atomic E-state index is -0.625. The monoisotopic (exact) mass is 300 g/mol. The van der Waals surface area contributed by atoms with Crippen LogP contribution in [0.2, 0.25) is 0 Å². The minimum absolute atomic E-state index is 0.0963. The number of aromatic nitrogens is 1. The summed E-state index contributed by atoms with van der Waals surface area (Å²) >= 11 is 3.46. The molecule has 17 heavy (non-hydrogen) atoms. The summed E-state index contributed by atoms with van der Waals surface area (Å²) < 4.78 is 1.46. The fraction of sp³-hybridized carbons (Fsp3) is 0.545. The molecular weight excluding hydrogens is 288 g/mol. The summed E-state index contributed by atoms with van der Waals surface area (Å²) in [6.07, 6.45) is 4.91. The van der Waals surface area contributed by atoms with E-state index in [4.69, 9.17) is 0 Å². The zero-order valence-electron chi connectivity index (χ0n) is 9.26. The Balaban J connectivity index is 2.31. The lowest BCUT2D eigenvalue weighted by Gasteiger charge is -2.40. The number of nitro groups is 1. The van der Waals surface area contributed by atoms with Crippen LogP contribution in [0.1, 0.15) is 19.3 Å². The van der Waals surface area contributed by atoms with Crippen LogP contribution in [0.3, 0.4) is 0 Å². The topological polar surface area (TPSA) is 65.1 Å². The van der Waals surface area contributed by atoms with Crippen molar-refractivity contribution in [1.29, 1.82) is 0 Å². The molecule has 1 aliphatic rings. The molecule has 0 aliphatic heterocycles. The van der Waals surface area contributed by atoms with E-state index in [0.717, 1.165) is 24.6 Å². The molecule has 6 heteroatoms. The number of halogens is 1. The molecule has 1 aromatic heterocycles. The maximum atomic E-state index is 11.9. The Labute approximate surface area is 107 Å². The number of hydrogen-bond donors (Lipinski definition) is 0. The van der Waals surface area contributed by atoms with E-state index in [0.29, 0.717) is 6.54 Å². The Hall–Kier alpha value is -1.17. The first kappa shape index (κ1) is 12.3. The van der Waals surface area contributed by atoms with E-state index in [1.54, 1.807) is 12.3 Å². The van der Waals surface area contributed by atoms with Gasteiger partial charge in [0.15, 0.2) is 0 Å². The Morgan fingerprint density at radius 1 is 1.53 bits per heavy atom. The van der Waals surface area contributed by atoms with Gasteiger partial charge in [0.05, 0.1) is 4.92 Å². The fourth-order valence-electron chi connectivity index (χ4n) is 2.16. The summed E-state index contributed by atoms with van der Waals surface area (Å²) in [5, 5.41) is 11.5. The molecule has 0 atom stereocenters. The van der Waals surface area contributed by atoms with Crippen molar-refractivity contribution in [3.63, 3.8) is 0 Å². The highest BCUT2D eigenvalue weighted by atomic mass is 79.9. The first-order valence-electron chi connectivity index (χ1n) is 5.48. The smallest absolute Gasteiger partial charge is 0.309 e. The van der Waals surface area contributed by atoms with Crippen molar-refractivity contribution in [3.8, 4) is 0 Å². The van der Waals surface area contributed by atoms with Gasteiger partial charge in [-0.3, -0.25) is 14.9 Å². The van der Waals surface area contributed by atoms with Gasteiger partial charge in [-0.05, 0) is 24.3 Å². The van der Waals surface area contributed by atoms with Crippen LogP contribution < -0.4 is 5.56 Å².